The smallest absolute Gasteiger partial charge is 0.238 e. The van der Waals surface area contributed by atoms with E-state index in [2.05, 4.69) is 119 Å². The lowest BCUT2D eigenvalue weighted by atomic mass is 9.93. The number of para-hydroxylation sites is 3. The van der Waals surface area contributed by atoms with Crippen LogP contribution in [0, 0.1) is 0 Å². The van der Waals surface area contributed by atoms with Crippen LogP contribution in [-0.4, -0.2) is 24.1 Å². The minimum absolute atomic E-state index is 0.255. The summed E-state index contributed by atoms with van der Waals surface area (Å²) in [4.78, 5) is 15.8. The number of fused-ring (bicyclic) bond motifs is 9. The van der Waals surface area contributed by atoms with Crippen LogP contribution in [0.4, 0.5) is 0 Å². The molecule has 0 saturated carbocycles. The largest absolute Gasteiger partial charge is 0.456 e. The number of nitrogens with zero attached hydrogens (tertiary/aromatic N) is 5. The van der Waals surface area contributed by atoms with Gasteiger partial charge in [0.25, 0.3) is 0 Å². The summed E-state index contributed by atoms with van der Waals surface area (Å²) in [6, 6.07) is 48.6. The molecule has 0 spiro atoms. The average Bonchev–Trinajstić information content (AvgIpc) is 3.86. The maximum Gasteiger partial charge on any atom is 0.238 e. The van der Waals surface area contributed by atoms with E-state index in [4.69, 9.17) is 19.4 Å². The zero-order valence-electron chi connectivity index (χ0n) is 28.4. The molecule has 246 valence electrons. The van der Waals surface area contributed by atoms with Crippen LogP contribution in [0.15, 0.2) is 150 Å². The summed E-state index contributed by atoms with van der Waals surface area (Å²) in [7, 11) is 0. The number of rotatable bonds is 4. The van der Waals surface area contributed by atoms with E-state index in [1.807, 2.05) is 48.5 Å². The van der Waals surface area contributed by atoms with Crippen LogP contribution in [0.3, 0.4) is 0 Å². The molecular weight excluding hydrogens is 639 g/mol. The molecule has 6 aromatic carbocycles. The van der Waals surface area contributed by atoms with Crippen molar-refractivity contribution in [2.75, 3.05) is 0 Å². The molecule has 6 heteroatoms. The molecule has 6 nitrogen and oxygen atoms in total. The second-order valence-electron chi connectivity index (χ2n) is 13.7. The van der Waals surface area contributed by atoms with Crippen molar-refractivity contribution in [3.8, 4) is 34.4 Å². The summed E-state index contributed by atoms with van der Waals surface area (Å²) in [6.45, 7) is 2.30. The van der Waals surface area contributed by atoms with Crippen LogP contribution in [-0.2, 0) is 0 Å². The molecule has 0 amide bonds. The van der Waals surface area contributed by atoms with Crippen molar-refractivity contribution in [2.45, 2.75) is 19.3 Å². The molecule has 0 fully saturated rings. The first-order chi connectivity index (χ1) is 25.7. The predicted molar refractivity (Wildman–Crippen MR) is 211 cm³/mol. The third kappa shape index (κ3) is 4.21. The molecule has 0 N–H and O–H groups in total. The highest BCUT2D eigenvalue weighted by Crippen LogP contribution is 2.42. The summed E-state index contributed by atoms with van der Waals surface area (Å²) in [5.41, 5.74) is 10.4. The Bertz CT molecular complexity index is 3020. The first kappa shape index (κ1) is 29.0. The maximum atomic E-state index is 6.30. The number of aromatic nitrogens is 5. The normalized spacial score (nSPS) is 14.3. The Labute approximate surface area is 298 Å². The summed E-state index contributed by atoms with van der Waals surface area (Å²) < 4.78 is 11.0. The molecule has 11 rings (SSSR count). The monoisotopic (exact) mass is 669 g/mol. The third-order valence-corrected chi connectivity index (χ3v) is 10.6. The van der Waals surface area contributed by atoms with Gasteiger partial charge < -0.3 is 8.98 Å². The van der Waals surface area contributed by atoms with E-state index in [1.165, 1.54) is 38.4 Å². The van der Waals surface area contributed by atoms with E-state index >= 15 is 0 Å². The molecular formula is C46H31N5O. The van der Waals surface area contributed by atoms with Gasteiger partial charge in [-0.15, -0.1) is 0 Å². The van der Waals surface area contributed by atoms with Crippen molar-refractivity contribution < 1.29 is 4.42 Å². The van der Waals surface area contributed by atoms with E-state index in [-0.39, 0.29) is 5.92 Å². The highest BCUT2D eigenvalue weighted by atomic mass is 16.3. The second-order valence-corrected chi connectivity index (χ2v) is 13.7. The molecule has 52 heavy (non-hydrogen) atoms. The highest BCUT2D eigenvalue weighted by molar-refractivity contribution is 6.12. The standard InChI is InChI=1S/C46H31N5O/c1-28-13-11-19-34-33-26-25-30(50-37-21-8-5-16-31(37)32-17-6-9-22-38(32)50)27-39(33)51(43(28)34)46-48-44(29-14-3-2-4-15-29)47-45(49-46)36-20-12-24-41-42(36)35-18-7-10-23-40(35)52-41/h2-12,14-28H,13H2,1H3. The predicted octanol–water partition coefficient (Wildman–Crippen LogP) is 11.7. The average molecular weight is 670 g/mol. The fraction of sp³-hybridized carbons (Fsp3) is 0.0652. The van der Waals surface area contributed by atoms with Gasteiger partial charge in [-0.05, 0) is 42.8 Å². The molecule has 1 unspecified atom stereocenters. The Morgan fingerprint density at radius 2 is 1.27 bits per heavy atom. The Balaban J connectivity index is 1.23. The van der Waals surface area contributed by atoms with Gasteiger partial charge in [0.2, 0.25) is 5.95 Å². The number of allylic oxidation sites excluding steroid dienone is 1. The van der Waals surface area contributed by atoms with Gasteiger partial charge in [0.15, 0.2) is 11.6 Å². The van der Waals surface area contributed by atoms with E-state index < -0.39 is 0 Å². The first-order valence-electron chi connectivity index (χ1n) is 17.8. The molecule has 4 heterocycles. The van der Waals surface area contributed by atoms with Crippen molar-refractivity contribution in [1.82, 2.24) is 24.1 Å². The third-order valence-electron chi connectivity index (χ3n) is 10.6. The van der Waals surface area contributed by atoms with Gasteiger partial charge in [-0.3, -0.25) is 4.57 Å². The van der Waals surface area contributed by atoms with Crippen molar-refractivity contribution in [3.63, 3.8) is 0 Å². The highest BCUT2D eigenvalue weighted by Gasteiger charge is 2.27. The Hall–Kier alpha value is -6.79. The van der Waals surface area contributed by atoms with E-state index in [0.29, 0.717) is 17.6 Å². The van der Waals surface area contributed by atoms with Crippen molar-refractivity contribution in [3.05, 3.63) is 157 Å². The Morgan fingerprint density at radius 1 is 0.577 bits per heavy atom. The van der Waals surface area contributed by atoms with Crippen LogP contribution in [0.2, 0.25) is 0 Å². The van der Waals surface area contributed by atoms with E-state index in [9.17, 15) is 0 Å². The lowest BCUT2D eigenvalue weighted by Gasteiger charge is -2.19. The van der Waals surface area contributed by atoms with Crippen LogP contribution < -0.4 is 0 Å². The van der Waals surface area contributed by atoms with Gasteiger partial charge >= 0.3 is 0 Å². The molecule has 0 radical (unpaired) electrons. The molecule has 1 aliphatic rings. The fourth-order valence-corrected chi connectivity index (χ4v) is 8.30. The van der Waals surface area contributed by atoms with Gasteiger partial charge in [-0.2, -0.15) is 9.97 Å². The summed E-state index contributed by atoms with van der Waals surface area (Å²) in [5.74, 6) is 2.08. The number of furan rings is 1. The zero-order chi connectivity index (χ0) is 34.3. The van der Waals surface area contributed by atoms with Gasteiger partial charge in [0.05, 0.1) is 16.6 Å². The van der Waals surface area contributed by atoms with Gasteiger partial charge in [-0.1, -0.05) is 122 Å². The molecule has 1 atom stereocenters. The van der Waals surface area contributed by atoms with Crippen LogP contribution in [0.25, 0.3) is 95.1 Å². The maximum absolute atomic E-state index is 6.30. The van der Waals surface area contributed by atoms with Gasteiger partial charge in [0.1, 0.15) is 11.2 Å². The minimum Gasteiger partial charge on any atom is -0.456 e. The lowest BCUT2D eigenvalue weighted by Crippen LogP contribution is -2.12. The van der Waals surface area contributed by atoms with Crippen LogP contribution in [0.5, 0.6) is 0 Å². The summed E-state index contributed by atoms with van der Waals surface area (Å²) >= 11 is 0. The van der Waals surface area contributed by atoms with Crippen LogP contribution >= 0.6 is 0 Å². The summed E-state index contributed by atoms with van der Waals surface area (Å²) in [5, 5.41) is 5.68. The first-order valence-corrected chi connectivity index (χ1v) is 17.8. The molecule has 0 bridgehead atoms. The molecule has 0 aliphatic heterocycles. The van der Waals surface area contributed by atoms with E-state index in [0.717, 1.165) is 50.7 Å². The molecule has 0 saturated heterocycles. The SMILES string of the molecule is CC1CC=Cc2c1n(-c1nc(-c3ccccc3)nc(-c3cccc4oc5ccccc5c34)n1)c1cc(-n3c4ccccc4c4ccccc43)ccc21. The topological polar surface area (TPSA) is 61.7 Å². The molecule has 10 aromatic rings. The zero-order valence-corrected chi connectivity index (χ0v) is 28.4. The number of hydrogen-bond donors (Lipinski definition) is 0. The summed E-state index contributed by atoms with van der Waals surface area (Å²) in [6.07, 6.45) is 5.50. The lowest BCUT2D eigenvalue weighted by molar-refractivity contribution is 0.669. The minimum atomic E-state index is 0.255. The van der Waals surface area contributed by atoms with E-state index in [1.54, 1.807) is 0 Å². The van der Waals surface area contributed by atoms with Crippen molar-refractivity contribution >= 4 is 60.7 Å². The number of hydrogen-bond acceptors (Lipinski definition) is 4. The Morgan fingerprint density at radius 3 is 2.08 bits per heavy atom. The quantitative estimate of drug-likeness (QED) is 0.187. The molecule has 1 aliphatic carbocycles. The van der Waals surface area contributed by atoms with Crippen LogP contribution in [0.1, 0.15) is 30.5 Å². The number of benzene rings is 6. The van der Waals surface area contributed by atoms with Crippen molar-refractivity contribution in [1.29, 1.82) is 0 Å². The Kier molecular flexibility index (Phi) is 6.19. The van der Waals surface area contributed by atoms with Crippen molar-refractivity contribution in [2.24, 2.45) is 0 Å². The van der Waals surface area contributed by atoms with Gasteiger partial charge in [0, 0.05) is 60.9 Å². The van der Waals surface area contributed by atoms with Gasteiger partial charge in [-0.25, -0.2) is 4.98 Å². The fourth-order valence-electron chi connectivity index (χ4n) is 8.30. The second kappa shape index (κ2) is 11.1. The molecule has 4 aromatic heterocycles.